The van der Waals surface area contributed by atoms with E-state index in [0.717, 1.165) is 11.4 Å². The van der Waals surface area contributed by atoms with Crippen LogP contribution < -0.4 is 19.1 Å². The van der Waals surface area contributed by atoms with E-state index in [-0.39, 0.29) is 0 Å². The van der Waals surface area contributed by atoms with E-state index >= 15 is 0 Å². The molecule has 0 saturated carbocycles. The van der Waals surface area contributed by atoms with Gasteiger partial charge in [0.15, 0.2) is 0 Å². The molecule has 1 atom stereocenters. The maximum Gasteiger partial charge on any atom is 0.351 e. The van der Waals surface area contributed by atoms with Crippen LogP contribution in [-0.2, 0) is 9.53 Å². The summed E-state index contributed by atoms with van der Waals surface area (Å²) in [5, 5.41) is 0.660. The highest BCUT2D eigenvalue weighted by Crippen LogP contribution is 2.27. The van der Waals surface area contributed by atoms with Gasteiger partial charge in [-0.3, -0.25) is 0 Å². The lowest BCUT2D eigenvalue weighted by Crippen LogP contribution is -2.20. The van der Waals surface area contributed by atoms with E-state index in [1.807, 2.05) is 37.2 Å². The van der Waals surface area contributed by atoms with Gasteiger partial charge in [-0.2, -0.15) is 0 Å². The number of anilines is 1. The predicted molar refractivity (Wildman–Crippen MR) is 125 cm³/mol. The number of rotatable bonds is 10. The van der Waals surface area contributed by atoms with E-state index in [2.05, 4.69) is 0 Å². The SMILES string of the molecule is COC(=O)C(Oc1cccc(N(C)C)c1)c1ccc(OCCOc2ccc(Cl)cc2)cc1. The highest BCUT2D eigenvalue weighted by Gasteiger charge is 2.24. The summed E-state index contributed by atoms with van der Waals surface area (Å²) >= 11 is 5.86. The molecule has 0 aliphatic rings. The molecule has 0 spiro atoms. The number of halogens is 1. The highest BCUT2D eigenvalue weighted by molar-refractivity contribution is 6.30. The third kappa shape index (κ3) is 6.56. The zero-order valence-corrected chi connectivity index (χ0v) is 19.0. The summed E-state index contributed by atoms with van der Waals surface area (Å²) in [6.45, 7) is 0.760. The number of hydrogen-bond acceptors (Lipinski definition) is 6. The monoisotopic (exact) mass is 455 g/mol. The van der Waals surface area contributed by atoms with Crippen LogP contribution >= 0.6 is 11.6 Å². The molecular weight excluding hydrogens is 430 g/mol. The van der Waals surface area contributed by atoms with Crippen molar-refractivity contribution in [2.24, 2.45) is 0 Å². The summed E-state index contributed by atoms with van der Waals surface area (Å²) in [4.78, 5) is 14.3. The van der Waals surface area contributed by atoms with Gasteiger partial charge in [0.2, 0.25) is 6.10 Å². The molecule has 1 unspecified atom stereocenters. The number of hydrogen-bond donors (Lipinski definition) is 0. The van der Waals surface area contributed by atoms with Crippen LogP contribution in [-0.4, -0.2) is 40.4 Å². The lowest BCUT2D eigenvalue weighted by atomic mass is 10.1. The lowest BCUT2D eigenvalue weighted by molar-refractivity contribution is -0.149. The van der Waals surface area contributed by atoms with Gasteiger partial charge in [0, 0.05) is 36.4 Å². The van der Waals surface area contributed by atoms with Crippen molar-refractivity contribution in [1.82, 2.24) is 0 Å². The van der Waals surface area contributed by atoms with Crippen LogP contribution in [0.2, 0.25) is 5.02 Å². The molecule has 0 heterocycles. The Hall–Kier alpha value is -3.38. The maximum atomic E-state index is 12.4. The molecule has 3 aromatic carbocycles. The van der Waals surface area contributed by atoms with E-state index in [1.54, 1.807) is 54.6 Å². The van der Waals surface area contributed by atoms with E-state index < -0.39 is 12.1 Å². The second kappa shape index (κ2) is 11.3. The Morgan fingerprint density at radius 3 is 2.03 bits per heavy atom. The summed E-state index contributed by atoms with van der Waals surface area (Å²) in [5.74, 6) is 1.48. The molecule has 0 aliphatic heterocycles. The van der Waals surface area contributed by atoms with Crippen molar-refractivity contribution in [2.45, 2.75) is 6.10 Å². The molecule has 168 valence electrons. The highest BCUT2D eigenvalue weighted by atomic mass is 35.5. The number of esters is 1. The second-order valence-electron chi connectivity index (χ2n) is 7.13. The minimum absolute atomic E-state index is 0.371. The van der Waals surface area contributed by atoms with Crippen LogP contribution in [0.1, 0.15) is 11.7 Å². The Kier molecular flexibility index (Phi) is 8.22. The summed E-state index contributed by atoms with van der Waals surface area (Å²) in [7, 11) is 5.22. The molecular formula is C25H26ClNO5. The van der Waals surface area contributed by atoms with Gasteiger partial charge >= 0.3 is 5.97 Å². The fourth-order valence-corrected chi connectivity index (χ4v) is 3.05. The molecule has 0 fully saturated rings. The van der Waals surface area contributed by atoms with E-state index in [0.29, 0.717) is 35.3 Å². The zero-order chi connectivity index (χ0) is 22.9. The van der Waals surface area contributed by atoms with E-state index in [1.165, 1.54) is 7.11 Å². The van der Waals surface area contributed by atoms with E-state index in [9.17, 15) is 4.79 Å². The molecule has 32 heavy (non-hydrogen) atoms. The minimum atomic E-state index is -0.889. The predicted octanol–water partition coefficient (Wildman–Crippen LogP) is 5.16. The van der Waals surface area contributed by atoms with Crippen molar-refractivity contribution < 1.29 is 23.7 Å². The van der Waals surface area contributed by atoms with Crippen LogP contribution in [0.4, 0.5) is 5.69 Å². The minimum Gasteiger partial charge on any atom is -0.490 e. The number of ether oxygens (including phenoxy) is 4. The van der Waals surface area contributed by atoms with Gasteiger partial charge in [0.05, 0.1) is 7.11 Å². The smallest absolute Gasteiger partial charge is 0.351 e. The molecule has 0 saturated heterocycles. The fourth-order valence-electron chi connectivity index (χ4n) is 2.92. The zero-order valence-electron chi connectivity index (χ0n) is 18.3. The van der Waals surface area contributed by atoms with Gasteiger partial charge < -0.3 is 23.8 Å². The number of carbonyl (C=O) groups excluding carboxylic acids is 1. The van der Waals surface area contributed by atoms with Gasteiger partial charge in [-0.05, 0) is 48.5 Å². The van der Waals surface area contributed by atoms with Crippen LogP contribution in [0.5, 0.6) is 17.2 Å². The number of benzene rings is 3. The summed E-state index contributed by atoms with van der Waals surface area (Å²) in [6.07, 6.45) is -0.889. The Labute approximate surface area is 193 Å². The quantitative estimate of drug-likeness (QED) is 0.311. The lowest BCUT2D eigenvalue weighted by Gasteiger charge is -2.19. The third-order valence-electron chi connectivity index (χ3n) is 4.62. The largest absolute Gasteiger partial charge is 0.490 e. The molecule has 3 aromatic rings. The number of carbonyl (C=O) groups is 1. The Morgan fingerprint density at radius 1 is 0.875 bits per heavy atom. The first-order valence-electron chi connectivity index (χ1n) is 10.1. The maximum absolute atomic E-state index is 12.4. The molecule has 0 radical (unpaired) electrons. The summed E-state index contributed by atoms with van der Waals surface area (Å²) in [5.41, 5.74) is 1.63. The molecule has 0 bridgehead atoms. The fraction of sp³-hybridized carbons (Fsp3) is 0.240. The average Bonchev–Trinajstić information content (AvgIpc) is 2.81. The average molecular weight is 456 g/mol. The van der Waals surface area contributed by atoms with Crippen LogP contribution in [0.15, 0.2) is 72.8 Å². The first-order chi connectivity index (χ1) is 15.5. The van der Waals surface area contributed by atoms with Crippen molar-refractivity contribution in [3.63, 3.8) is 0 Å². The van der Waals surface area contributed by atoms with Crippen molar-refractivity contribution in [2.75, 3.05) is 39.3 Å². The normalized spacial score (nSPS) is 11.4. The second-order valence-corrected chi connectivity index (χ2v) is 7.57. The Morgan fingerprint density at radius 2 is 1.47 bits per heavy atom. The van der Waals surface area contributed by atoms with Gasteiger partial charge in [0.1, 0.15) is 30.5 Å². The van der Waals surface area contributed by atoms with Crippen LogP contribution in [0.3, 0.4) is 0 Å². The standard InChI is InChI=1S/C25H26ClNO5/c1-27(2)20-5-4-6-23(17-20)32-24(25(28)29-3)18-7-11-21(12-8-18)30-15-16-31-22-13-9-19(26)10-14-22/h4-14,17,24H,15-16H2,1-3H3. The van der Waals surface area contributed by atoms with Gasteiger partial charge in [-0.15, -0.1) is 0 Å². The Balaban J connectivity index is 1.60. The van der Waals surface area contributed by atoms with Crippen LogP contribution in [0, 0.1) is 0 Å². The molecule has 3 rings (SSSR count). The molecule has 0 aliphatic carbocycles. The van der Waals surface area contributed by atoms with Gasteiger partial charge in [-0.1, -0.05) is 29.8 Å². The van der Waals surface area contributed by atoms with Crippen LogP contribution in [0.25, 0.3) is 0 Å². The van der Waals surface area contributed by atoms with Gasteiger partial charge in [-0.25, -0.2) is 4.79 Å². The van der Waals surface area contributed by atoms with E-state index in [4.69, 9.17) is 30.5 Å². The third-order valence-corrected chi connectivity index (χ3v) is 4.87. The van der Waals surface area contributed by atoms with Crippen molar-refractivity contribution >= 4 is 23.3 Å². The Bertz CT molecular complexity index is 1010. The molecule has 0 aromatic heterocycles. The molecule has 0 N–H and O–H groups in total. The van der Waals surface area contributed by atoms with Crippen molar-refractivity contribution in [1.29, 1.82) is 0 Å². The molecule has 0 amide bonds. The number of methoxy groups -OCH3 is 1. The summed E-state index contributed by atoms with van der Waals surface area (Å²) < 4.78 is 22.2. The molecule has 6 nitrogen and oxygen atoms in total. The van der Waals surface area contributed by atoms with Crippen molar-refractivity contribution in [3.8, 4) is 17.2 Å². The number of nitrogens with zero attached hydrogens (tertiary/aromatic N) is 1. The topological polar surface area (TPSA) is 57.2 Å². The first-order valence-corrected chi connectivity index (χ1v) is 10.5. The van der Waals surface area contributed by atoms with Gasteiger partial charge in [0.25, 0.3) is 0 Å². The molecule has 7 heteroatoms. The van der Waals surface area contributed by atoms with Crippen molar-refractivity contribution in [3.05, 3.63) is 83.4 Å². The first kappa shape index (κ1) is 23.3. The summed E-state index contributed by atoms with van der Waals surface area (Å²) in [6, 6.07) is 21.8.